The summed E-state index contributed by atoms with van der Waals surface area (Å²) in [5.74, 6) is -0.222. The third kappa shape index (κ3) is 9.38. The second-order valence-corrected chi connectivity index (χ2v) is 12.8. The number of ether oxygens (including phenoxy) is 1. The predicted molar refractivity (Wildman–Crippen MR) is 164 cm³/mol. The van der Waals surface area contributed by atoms with Gasteiger partial charge in [-0.15, -0.1) is 0 Å². The van der Waals surface area contributed by atoms with E-state index in [1.807, 2.05) is 44.2 Å². The number of hydrogen-bond acceptors (Lipinski definition) is 5. The van der Waals surface area contributed by atoms with E-state index in [9.17, 15) is 18.0 Å². The topological polar surface area (TPSA) is 96.0 Å². The van der Waals surface area contributed by atoms with Crippen LogP contribution in [0.15, 0.2) is 72.8 Å². The molecule has 0 radical (unpaired) electrons. The number of carbonyl (C=O) groups is 2. The molecule has 0 aliphatic rings. The Morgan fingerprint density at radius 1 is 0.902 bits per heavy atom. The Kier molecular flexibility index (Phi) is 11.5. The highest BCUT2D eigenvalue weighted by atomic mass is 35.5. The molecule has 0 aliphatic carbocycles. The van der Waals surface area contributed by atoms with Gasteiger partial charge in [-0.3, -0.25) is 13.9 Å². The van der Waals surface area contributed by atoms with Gasteiger partial charge in [0.2, 0.25) is 21.8 Å². The van der Waals surface area contributed by atoms with Gasteiger partial charge < -0.3 is 15.0 Å². The van der Waals surface area contributed by atoms with Crippen LogP contribution in [-0.4, -0.2) is 50.5 Å². The molecule has 0 bridgehead atoms. The first-order chi connectivity index (χ1) is 19.4. The molecule has 1 atom stereocenters. The van der Waals surface area contributed by atoms with Crippen molar-refractivity contribution < 1.29 is 22.7 Å². The SMILES string of the molecule is CC(C)CNC(=O)[C@@H](C)N(Cc1c(Cl)cccc1Cl)C(=O)CN(c1ccc(OCc2ccccc2)cc1)S(C)(=O)=O. The minimum atomic E-state index is -3.88. The van der Waals surface area contributed by atoms with Crippen molar-refractivity contribution in [2.75, 3.05) is 23.7 Å². The lowest BCUT2D eigenvalue weighted by Gasteiger charge is -2.32. The summed E-state index contributed by atoms with van der Waals surface area (Å²) in [4.78, 5) is 28.0. The zero-order valence-electron chi connectivity index (χ0n) is 23.5. The van der Waals surface area contributed by atoms with E-state index in [0.717, 1.165) is 16.1 Å². The van der Waals surface area contributed by atoms with Crippen LogP contribution in [0, 0.1) is 5.92 Å². The van der Waals surface area contributed by atoms with E-state index >= 15 is 0 Å². The molecule has 0 saturated heterocycles. The molecule has 0 unspecified atom stereocenters. The first-order valence-corrected chi connectivity index (χ1v) is 15.7. The largest absolute Gasteiger partial charge is 0.489 e. The Morgan fingerprint density at radius 2 is 1.51 bits per heavy atom. The Bertz CT molecular complexity index is 1410. The fourth-order valence-corrected chi connectivity index (χ4v) is 5.32. The van der Waals surface area contributed by atoms with Crippen LogP contribution in [0.1, 0.15) is 31.9 Å². The summed E-state index contributed by atoms with van der Waals surface area (Å²) in [6.07, 6.45) is 1.02. The Morgan fingerprint density at radius 3 is 2.07 bits per heavy atom. The van der Waals surface area contributed by atoms with Crippen molar-refractivity contribution in [3.63, 3.8) is 0 Å². The van der Waals surface area contributed by atoms with Gasteiger partial charge in [-0.25, -0.2) is 8.42 Å². The number of amides is 2. The normalized spacial score (nSPS) is 12.1. The summed E-state index contributed by atoms with van der Waals surface area (Å²) in [5, 5.41) is 3.49. The summed E-state index contributed by atoms with van der Waals surface area (Å²) in [6, 6.07) is 20.1. The second-order valence-electron chi connectivity index (χ2n) is 10.1. The fourth-order valence-electron chi connectivity index (χ4n) is 3.95. The van der Waals surface area contributed by atoms with Crippen LogP contribution in [0.4, 0.5) is 5.69 Å². The van der Waals surface area contributed by atoms with Gasteiger partial charge in [-0.05, 0) is 54.8 Å². The van der Waals surface area contributed by atoms with E-state index in [0.29, 0.717) is 34.5 Å². The quantitative estimate of drug-likeness (QED) is 0.271. The third-order valence-electron chi connectivity index (χ3n) is 6.29. The average Bonchev–Trinajstić information content (AvgIpc) is 2.93. The van der Waals surface area contributed by atoms with Gasteiger partial charge in [0.1, 0.15) is 24.9 Å². The number of benzene rings is 3. The van der Waals surface area contributed by atoms with Crippen molar-refractivity contribution in [2.24, 2.45) is 5.92 Å². The van der Waals surface area contributed by atoms with Gasteiger partial charge >= 0.3 is 0 Å². The van der Waals surface area contributed by atoms with Crippen molar-refractivity contribution in [3.8, 4) is 5.75 Å². The molecular weight excluding hydrogens is 585 g/mol. The summed E-state index contributed by atoms with van der Waals surface area (Å²) < 4.78 is 32.5. The first-order valence-electron chi connectivity index (χ1n) is 13.1. The van der Waals surface area contributed by atoms with Gasteiger partial charge in [-0.1, -0.05) is 73.4 Å². The zero-order valence-corrected chi connectivity index (χ0v) is 25.8. The van der Waals surface area contributed by atoms with Crippen molar-refractivity contribution in [1.82, 2.24) is 10.2 Å². The monoisotopic (exact) mass is 619 g/mol. The average molecular weight is 621 g/mol. The lowest BCUT2D eigenvalue weighted by Crippen LogP contribution is -2.51. The number of halogens is 2. The van der Waals surface area contributed by atoms with Crippen LogP contribution in [0.3, 0.4) is 0 Å². The molecule has 0 spiro atoms. The summed E-state index contributed by atoms with van der Waals surface area (Å²) in [7, 11) is -3.88. The molecule has 3 aromatic carbocycles. The zero-order chi connectivity index (χ0) is 30.2. The van der Waals surface area contributed by atoms with E-state index in [1.54, 1.807) is 49.4 Å². The first kappa shape index (κ1) is 32.2. The maximum absolute atomic E-state index is 13.7. The van der Waals surface area contributed by atoms with Crippen molar-refractivity contribution in [1.29, 1.82) is 0 Å². The van der Waals surface area contributed by atoms with E-state index in [2.05, 4.69) is 5.32 Å². The molecule has 0 aromatic heterocycles. The summed E-state index contributed by atoms with van der Waals surface area (Å²) in [5.41, 5.74) is 1.73. The van der Waals surface area contributed by atoms with Crippen molar-refractivity contribution in [3.05, 3.63) is 94.0 Å². The summed E-state index contributed by atoms with van der Waals surface area (Å²) in [6.45, 7) is 5.65. The highest BCUT2D eigenvalue weighted by molar-refractivity contribution is 7.92. The fraction of sp³-hybridized carbons (Fsp3) is 0.333. The molecule has 0 aliphatic heterocycles. The number of anilines is 1. The van der Waals surface area contributed by atoms with Crippen molar-refractivity contribution >= 4 is 50.7 Å². The van der Waals surface area contributed by atoms with Crippen molar-refractivity contribution in [2.45, 2.75) is 40.0 Å². The standard InChI is InChI=1S/C30H35Cl2N3O5S/c1-21(2)17-33-30(37)22(3)34(18-26-27(31)11-8-12-28(26)32)29(36)19-35(41(4,38)39)24-13-15-25(16-14-24)40-20-23-9-6-5-7-10-23/h5-16,21-22H,17-20H2,1-4H3,(H,33,37)/t22-/m1/s1. The maximum Gasteiger partial charge on any atom is 0.244 e. The highest BCUT2D eigenvalue weighted by Gasteiger charge is 2.31. The number of hydrogen-bond donors (Lipinski definition) is 1. The molecule has 3 rings (SSSR count). The molecule has 0 saturated carbocycles. The summed E-state index contributed by atoms with van der Waals surface area (Å²) >= 11 is 12.8. The van der Waals surface area contributed by atoms with Gasteiger partial charge in [0.05, 0.1) is 11.9 Å². The molecule has 220 valence electrons. The van der Waals surface area contributed by atoms with Crippen LogP contribution in [0.5, 0.6) is 5.75 Å². The van der Waals surface area contributed by atoms with Gasteiger partial charge in [-0.2, -0.15) is 0 Å². The number of nitrogens with zero attached hydrogens (tertiary/aromatic N) is 2. The van der Waals surface area contributed by atoms with Gasteiger partial charge in [0, 0.05) is 28.7 Å². The van der Waals surface area contributed by atoms with Gasteiger partial charge in [0.25, 0.3) is 0 Å². The van der Waals surface area contributed by atoms with Crippen LogP contribution in [-0.2, 0) is 32.8 Å². The molecule has 1 N–H and O–H groups in total. The maximum atomic E-state index is 13.7. The van der Waals surface area contributed by atoms with Crippen LogP contribution in [0.25, 0.3) is 0 Å². The van der Waals surface area contributed by atoms with E-state index in [-0.39, 0.29) is 24.1 Å². The third-order valence-corrected chi connectivity index (χ3v) is 8.14. The van der Waals surface area contributed by atoms with Crippen LogP contribution in [0.2, 0.25) is 10.0 Å². The minimum absolute atomic E-state index is 0.0858. The van der Waals surface area contributed by atoms with E-state index < -0.39 is 28.5 Å². The second kappa shape index (κ2) is 14.6. The molecule has 11 heteroatoms. The van der Waals surface area contributed by atoms with E-state index in [1.165, 1.54) is 4.90 Å². The molecule has 2 amide bonds. The van der Waals surface area contributed by atoms with Gasteiger partial charge in [0.15, 0.2) is 0 Å². The number of sulfonamides is 1. The molecular formula is C30H35Cl2N3O5S. The number of carbonyl (C=O) groups excluding carboxylic acids is 2. The molecule has 0 fully saturated rings. The Balaban J connectivity index is 1.85. The van der Waals surface area contributed by atoms with Crippen LogP contribution < -0.4 is 14.4 Å². The minimum Gasteiger partial charge on any atom is -0.489 e. The predicted octanol–water partition coefficient (Wildman–Crippen LogP) is 5.53. The smallest absolute Gasteiger partial charge is 0.244 e. The lowest BCUT2D eigenvalue weighted by molar-refractivity contribution is -0.139. The molecule has 41 heavy (non-hydrogen) atoms. The van der Waals surface area contributed by atoms with Crippen LogP contribution >= 0.6 is 23.2 Å². The Labute approximate surface area is 252 Å². The molecule has 3 aromatic rings. The lowest BCUT2D eigenvalue weighted by atomic mass is 10.1. The number of nitrogens with one attached hydrogen (secondary N) is 1. The molecule has 8 nitrogen and oxygen atoms in total. The Hall–Kier alpha value is -3.27. The number of rotatable bonds is 13. The van der Waals surface area contributed by atoms with E-state index in [4.69, 9.17) is 27.9 Å². The highest BCUT2D eigenvalue weighted by Crippen LogP contribution is 2.28. The molecule has 0 heterocycles.